The summed E-state index contributed by atoms with van der Waals surface area (Å²) in [5.41, 5.74) is 0.365. The van der Waals surface area contributed by atoms with Crippen LogP contribution in [0, 0.1) is 5.82 Å². The van der Waals surface area contributed by atoms with E-state index in [0.717, 1.165) is 13.0 Å². The number of hydrogen-bond acceptors (Lipinski definition) is 2. The van der Waals surface area contributed by atoms with E-state index < -0.39 is 5.82 Å². The molecule has 0 aliphatic carbocycles. The Kier molecular flexibility index (Phi) is 5.98. The molecule has 0 bridgehead atoms. The lowest BCUT2D eigenvalue weighted by Gasteiger charge is -2.26. The highest BCUT2D eigenvalue weighted by atomic mass is 79.9. The van der Waals surface area contributed by atoms with Crippen molar-refractivity contribution in [3.05, 3.63) is 34.1 Å². The first-order chi connectivity index (χ1) is 9.66. The van der Waals surface area contributed by atoms with Gasteiger partial charge in [0.05, 0.1) is 4.47 Å². The Balaban J connectivity index is 1.70. The quantitative estimate of drug-likeness (QED) is 0.833. The number of halogens is 2. The van der Waals surface area contributed by atoms with Gasteiger partial charge in [-0.2, -0.15) is 0 Å². The molecule has 1 aromatic rings. The van der Waals surface area contributed by atoms with Gasteiger partial charge in [0.1, 0.15) is 5.82 Å². The summed E-state index contributed by atoms with van der Waals surface area (Å²) in [4.78, 5) is 14.3. The lowest BCUT2D eigenvalue weighted by Crippen LogP contribution is -2.33. The maximum Gasteiger partial charge on any atom is 0.251 e. The van der Waals surface area contributed by atoms with E-state index in [-0.39, 0.29) is 5.91 Å². The third-order valence-corrected chi connectivity index (χ3v) is 4.21. The van der Waals surface area contributed by atoms with E-state index in [2.05, 4.69) is 26.1 Å². The summed E-state index contributed by atoms with van der Waals surface area (Å²) in [5.74, 6) is -0.624. The second-order valence-corrected chi connectivity index (χ2v) is 5.99. The van der Waals surface area contributed by atoms with Gasteiger partial charge in [0.2, 0.25) is 0 Å². The Morgan fingerprint density at radius 3 is 2.75 bits per heavy atom. The van der Waals surface area contributed by atoms with E-state index in [1.54, 1.807) is 12.1 Å². The van der Waals surface area contributed by atoms with Crippen LogP contribution in [0.2, 0.25) is 0 Å². The molecule has 1 amide bonds. The van der Waals surface area contributed by atoms with Crippen molar-refractivity contribution in [2.24, 2.45) is 0 Å². The molecular formula is C15H20BrFN2O. The van der Waals surface area contributed by atoms with Crippen LogP contribution in [0.5, 0.6) is 0 Å². The number of rotatable bonds is 5. The Morgan fingerprint density at radius 1 is 1.30 bits per heavy atom. The van der Waals surface area contributed by atoms with E-state index in [0.29, 0.717) is 16.6 Å². The van der Waals surface area contributed by atoms with Crippen LogP contribution < -0.4 is 5.32 Å². The summed E-state index contributed by atoms with van der Waals surface area (Å²) >= 11 is 3.07. The van der Waals surface area contributed by atoms with Crippen LogP contribution in [0.15, 0.2) is 22.7 Å². The molecule has 0 radical (unpaired) electrons. The normalized spacial score (nSPS) is 16.1. The molecule has 0 saturated carbocycles. The molecule has 0 aromatic heterocycles. The predicted molar refractivity (Wildman–Crippen MR) is 81.3 cm³/mol. The van der Waals surface area contributed by atoms with Gasteiger partial charge >= 0.3 is 0 Å². The topological polar surface area (TPSA) is 32.3 Å². The third-order valence-electron chi connectivity index (χ3n) is 3.57. The SMILES string of the molecule is O=C(NCCCN1CCCCC1)c1ccc(Br)c(F)c1. The Bertz CT molecular complexity index is 461. The fraction of sp³-hybridized carbons (Fsp3) is 0.533. The molecule has 110 valence electrons. The van der Waals surface area contributed by atoms with Gasteiger partial charge in [-0.3, -0.25) is 4.79 Å². The molecular weight excluding hydrogens is 323 g/mol. The largest absolute Gasteiger partial charge is 0.352 e. The number of carbonyl (C=O) groups excluding carboxylic acids is 1. The van der Waals surface area contributed by atoms with Crippen LogP contribution in [-0.4, -0.2) is 37.0 Å². The molecule has 1 fully saturated rings. The lowest BCUT2D eigenvalue weighted by molar-refractivity contribution is 0.0950. The van der Waals surface area contributed by atoms with Crippen molar-refractivity contribution in [3.63, 3.8) is 0 Å². The molecule has 3 nitrogen and oxygen atoms in total. The molecule has 20 heavy (non-hydrogen) atoms. The standard InChI is InChI=1S/C15H20BrFN2O/c16-13-6-5-12(11-14(13)17)15(20)18-7-4-10-19-8-2-1-3-9-19/h5-6,11H,1-4,7-10H2,(H,18,20). The predicted octanol–water partition coefficient (Wildman–Crippen LogP) is 3.19. The zero-order chi connectivity index (χ0) is 14.4. The van der Waals surface area contributed by atoms with Crippen molar-refractivity contribution in [3.8, 4) is 0 Å². The molecule has 1 aliphatic heterocycles. The van der Waals surface area contributed by atoms with E-state index in [4.69, 9.17) is 0 Å². The van der Waals surface area contributed by atoms with E-state index in [9.17, 15) is 9.18 Å². The number of piperidine rings is 1. The minimum Gasteiger partial charge on any atom is -0.352 e. The molecule has 1 aliphatic rings. The van der Waals surface area contributed by atoms with Gasteiger partial charge in [-0.1, -0.05) is 6.42 Å². The molecule has 2 rings (SSSR count). The Hall–Kier alpha value is -0.940. The van der Waals surface area contributed by atoms with Crippen LogP contribution >= 0.6 is 15.9 Å². The highest BCUT2D eigenvalue weighted by Gasteiger charge is 2.10. The summed E-state index contributed by atoms with van der Waals surface area (Å²) < 4.78 is 13.7. The van der Waals surface area contributed by atoms with E-state index in [1.165, 1.54) is 38.4 Å². The first-order valence-corrected chi connectivity index (χ1v) is 7.92. The molecule has 5 heteroatoms. The van der Waals surface area contributed by atoms with Gasteiger partial charge in [0.15, 0.2) is 0 Å². The first-order valence-electron chi connectivity index (χ1n) is 7.12. The van der Waals surface area contributed by atoms with Gasteiger partial charge < -0.3 is 10.2 Å². The summed E-state index contributed by atoms with van der Waals surface area (Å²) in [5, 5.41) is 2.84. The minimum atomic E-state index is -0.411. The minimum absolute atomic E-state index is 0.213. The fourth-order valence-electron chi connectivity index (χ4n) is 2.43. The molecule has 0 spiro atoms. The van der Waals surface area contributed by atoms with E-state index >= 15 is 0 Å². The van der Waals surface area contributed by atoms with Gasteiger partial charge in [0.25, 0.3) is 5.91 Å². The third kappa shape index (κ3) is 4.56. The average Bonchev–Trinajstić information content (AvgIpc) is 2.47. The highest BCUT2D eigenvalue weighted by molar-refractivity contribution is 9.10. The zero-order valence-electron chi connectivity index (χ0n) is 11.5. The summed E-state index contributed by atoms with van der Waals surface area (Å²) in [6.07, 6.45) is 4.84. The number of nitrogens with zero attached hydrogens (tertiary/aromatic N) is 1. The first kappa shape index (κ1) is 15.4. The number of likely N-dealkylation sites (tertiary alicyclic amines) is 1. The van der Waals surface area contributed by atoms with Crippen molar-refractivity contribution in [2.45, 2.75) is 25.7 Å². The molecule has 1 saturated heterocycles. The number of carbonyl (C=O) groups is 1. The number of amides is 1. The van der Waals surface area contributed by atoms with Crippen molar-refractivity contribution in [2.75, 3.05) is 26.2 Å². The second-order valence-electron chi connectivity index (χ2n) is 5.14. The van der Waals surface area contributed by atoms with E-state index in [1.807, 2.05) is 0 Å². The maximum absolute atomic E-state index is 13.3. The van der Waals surface area contributed by atoms with Crippen LogP contribution in [-0.2, 0) is 0 Å². The average molecular weight is 343 g/mol. The van der Waals surface area contributed by atoms with Crippen LogP contribution in [0.25, 0.3) is 0 Å². The number of hydrogen-bond donors (Lipinski definition) is 1. The lowest BCUT2D eigenvalue weighted by atomic mass is 10.1. The van der Waals surface area contributed by atoms with Gasteiger partial charge in [-0.25, -0.2) is 4.39 Å². The fourth-order valence-corrected chi connectivity index (χ4v) is 2.67. The second kappa shape index (κ2) is 7.74. The molecule has 0 unspecified atom stereocenters. The van der Waals surface area contributed by atoms with Crippen LogP contribution in [0.3, 0.4) is 0 Å². The molecule has 1 N–H and O–H groups in total. The van der Waals surface area contributed by atoms with Crippen LogP contribution in [0.4, 0.5) is 4.39 Å². The van der Waals surface area contributed by atoms with Crippen molar-refractivity contribution >= 4 is 21.8 Å². The zero-order valence-corrected chi connectivity index (χ0v) is 13.1. The molecule has 1 heterocycles. The number of nitrogens with one attached hydrogen (secondary N) is 1. The molecule has 1 aromatic carbocycles. The molecule has 0 atom stereocenters. The Morgan fingerprint density at radius 2 is 2.05 bits per heavy atom. The summed E-state index contributed by atoms with van der Waals surface area (Å²) in [6, 6.07) is 4.43. The summed E-state index contributed by atoms with van der Waals surface area (Å²) in [6.45, 7) is 4.00. The number of benzene rings is 1. The van der Waals surface area contributed by atoms with Crippen molar-refractivity contribution in [1.29, 1.82) is 0 Å². The Labute approximate surface area is 127 Å². The monoisotopic (exact) mass is 342 g/mol. The van der Waals surface area contributed by atoms with Crippen LogP contribution in [0.1, 0.15) is 36.0 Å². The van der Waals surface area contributed by atoms with Gasteiger partial charge in [-0.05, 0) is 73.0 Å². The smallest absolute Gasteiger partial charge is 0.251 e. The highest BCUT2D eigenvalue weighted by Crippen LogP contribution is 2.16. The van der Waals surface area contributed by atoms with Gasteiger partial charge in [-0.15, -0.1) is 0 Å². The van der Waals surface area contributed by atoms with Crippen molar-refractivity contribution in [1.82, 2.24) is 10.2 Å². The summed E-state index contributed by atoms with van der Waals surface area (Å²) in [7, 11) is 0. The van der Waals surface area contributed by atoms with Gasteiger partial charge in [0, 0.05) is 12.1 Å². The maximum atomic E-state index is 13.3. The van der Waals surface area contributed by atoms with Crippen molar-refractivity contribution < 1.29 is 9.18 Å².